The third-order valence-corrected chi connectivity index (χ3v) is 3.75. The standard InChI is InChI=1S/C19H20F3N3O3/c1-23-17(26)14-7-4-5-13(11-14)9-10-24-18(27)25-12-15-6-2-3-8-16(15)28-19(20,21)22/h2-8,11H,9-10,12H2,1H3,(H,23,26)(H2,24,25,27). The topological polar surface area (TPSA) is 79.5 Å². The number of alkyl halides is 3. The van der Waals surface area contributed by atoms with E-state index in [-0.39, 0.29) is 23.8 Å². The average molecular weight is 395 g/mol. The normalized spacial score (nSPS) is 10.9. The van der Waals surface area contributed by atoms with Gasteiger partial charge in [0.2, 0.25) is 0 Å². The fourth-order valence-corrected chi connectivity index (χ4v) is 2.44. The van der Waals surface area contributed by atoms with Crippen molar-refractivity contribution in [1.29, 1.82) is 0 Å². The molecule has 2 aromatic carbocycles. The van der Waals surface area contributed by atoms with Crippen molar-refractivity contribution in [3.63, 3.8) is 0 Å². The van der Waals surface area contributed by atoms with Crippen LogP contribution in [0.2, 0.25) is 0 Å². The predicted octanol–water partition coefficient (Wildman–Crippen LogP) is 2.99. The van der Waals surface area contributed by atoms with Crippen LogP contribution in [0.4, 0.5) is 18.0 Å². The zero-order valence-electron chi connectivity index (χ0n) is 15.1. The van der Waals surface area contributed by atoms with Gasteiger partial charge >= 0.3 is 12.4 Å². The minimum absolute atomic E-state index is 0.121. The van der Waals surface area contributed by atoms with E-state index in [1.54, 1.807) is 31.3 Å². The summed E-state index contributed by atoms with van der Waals surface area (Å²) in [6.45, 7) is 0.175. The largest absolute Gasteiger partial charge is 0.573 e. The highest BCUT2D eigenvalue weighted by molar-refractivity contribution is 5.94. The Balaban J connectivity index is 1.82. The van der Waals surface area contributed by atoms with Gasteiger partial charge in [-0.25, -0.2) is 4.79 Å². The Morgan fingerprint density at radius 1 is 1.04 bits per heavy atom. The van der Waals surface area contributed by atoms with Gasteiger partial charge < -0.3 is 20.7 Å². The van der Waals surface area contributed by atoms with Crippen LogP contribution in [0.15, 0.2) is 48.5 Å². The van der Waals surface area contributed by atoms with E-state index < -0.39 is 12.4 Å². The first-order valence-corrected chi connectivity index (χ1v) is 8.45. The second-order valence-electron chi connectivity index (χ2n) is 5.79. The van der Waals surface area contributed by atoms with Crippen molar-refractivity contribution >= 4 is 11.9 Å². The fraction of sp³-hybridized carbons (Fsp3) is 0.263. The number of amides is 3. The van der Waals surface area contributed by atoms with Gasteiger partial charge in [0.05, 0.1) is 0 Å². The third-order valence-electron chi connectivity index (χ3n) is 3.75. The maximum atomic E-state index is 12.4. The van der Waals surface area contributed by atoms with Gasteiger partial charge in [0.15, 0.2) is 0 Å². The van der Waals surface area contributed by atoms with Crippen molar-refractivity contribution in [3.05, 3.63) is 65.2 Å². The summed E-state index contributed by atoms with van der Waals surface area (Å²) in [5.74, 6) is -0.561. The van der Waals surface area contributed by atoms with Crippen molar-refractivity contribution in [3.8, 4) is 5.75 Å². The first kappa shape index (κ1) is 21.1. The Morgan fingerprint density at radius 3 is 2.50 bits per heavy atom. The highest BCUT2D eigenvalue weighted by Crippen LogP contribution is 2.25. The molecule has 0 aliphatic rings. The molecule has 0 saturated carbocycles. The van der Waals surface area contributed by atoms with Gasteiger partial charge in [-0.2, -0.15) is 0 Å². The van der Waals surface area contributed by atoms with E-state index in [9.17, 15) is 22.8 Å². The van der Waals surface area contributed by atoms with Crippen LogP contribution < -0.4 is 20.7 Å². The van der Waals surface area contributed by atoms with Gasteiger partial charge in [-0.3, -0.25) is 4.79 Å². The Morgan fingerprint density at radius 2 is 1.79 bits per heavy atom. The summed E-state index contributed by atoms with van der Waals surface area (Å²) in [5.41, 5.74) is 1.59. The zero-order chi connectivity index (χ0) is 20.6. The number of rotatable bonds is 7. The Labute approximate surface area is 160 Å². The smallest absolute Gasteiger partial charge is 0.405 e. The molecule has 0 aliphatic heterocycles. The molecule has 0 aromatic heterocycles. The Bertz CT molecular complexity index is 825. The molecule has 0 fully saturated rings. The minimum atomic E-state index is -4.80. The number of urea groups is 1. The van der Waals surface area contributed by atoms with Crippen LogP contribution in [-0.4, -0.2) is 31.9 Å². The first-order valence-electron chi connectivity index (χ1n) is 8.45. The van der Waals surface area contributed by atoms with Crippen LogP contribution >= 0.6 is 0 Å². The molecular formula is C19H20F3N3O3. The maximum absolute atomic E-state index is 12.4. The highest BCUT2D eigenvalue weighted by Gasteiger charge is 2.31. The molecule has 2 aromatic rings. The summed E-state index contributed by atoms with van der Waals surface area (Å²) < 4.78 is 41.1. The quantitative estimate of drug-likeness (QED) is 0.674. The number of halogens is 3. The summed E-state index contributed by atoms with van der Waals surface area (Å²) in [7, 11) is 1.54. The number of benzene rings is 2. The Hall–Kier alpha value is -3.23. The molecule has 0 bridgehead atoms. The molecule has 3 amide bonds. The lowest BCUT2D eigenvalue weighted by molar-refractivity contribution is -0.274. The second kappa shape index (κ2) is 9.63. The first-order chi connectivity index (χ1) is 13.3. The molecule has 0 atom stereocenters. The van der Waals surface area contributed by atoms with Gasteiger partial charge in [-0.05, 0) is 30.2 Å². The van der Waals surface area contributed by atoms with E-state index in [1.165, 1.54) is 18.2 Å². The predicted molar refractivity (Wildman–Crippen MR) is 96.9 cm³/mol. The molecule has 0 spiro atoms. The van der Waals surface area contributed by atoms with Crippen molar-refractivity contribution in [2.45, 2.75) is 19.3 Å². The molecule has 0 heterocycles. The molecular weight excluding hydrogens is 375 g/mol. The zero-order valence-corrected chi connectivity index (χ0v) is 15.1. The van der Waals surface area contributed by atoms with Gasteiger partial charge in [-0.1, -0.05) is 30.3 Å². The molecule has 2 rings (SSSR count). The van der Waals surface area contributed by atoms with E-state index in [4.69, 9.17) is 0 Å². The van der Waals surface area contributed by atoms with Crippen LogP contribution in [0, 0.1) is 0 Å². The second-order valence-corrected chi connectivity index (χ2v) is 5.79. The van der Waals surface area contributed by atoms with Crippen LogP contribution in [0.25, 0.3) is 0 Å². The molecule has 0 aliphatic carbocycles. The molecule has 6 nitrogen and oxygen atoms in total. The lowest BCUT2D eigenvalue weighted by Crippen LogP contribution is -2.36. The van der Waals surface area contributed by atoms with E-state index in [0.717, 1.165) is 5.56 Å². The van der Waals surface area contributed by atoms with Gasteiger partial charge in [-0.15, -0.1) is 13.2 Å². The molecule has 28 heavy (non-hydrogen) atoms. The summed E-state index contributed by atoms with van der Waals surface area (Å²) in [6, 6.07) is 12.0. The number of nitrogens with one attached hydrogen (secondary N) is 3. The SMILES string of the molecule is CNC(=O)c1cccc(CCNC(=O)NCc2ccccc2OC(F)(F)F)c1. The minimum Gasteiger partial charge on any atom is -0.405 e. The summed E-state index contributed by atoms with van der Waals surface area (Å²) in [5, 5.41) is 7.64. The van der Waals surface area contributed by atoms with Gasteiger partial charge in [0.25, 0.3) is 5.91 Å². The van der Waals surface area contributed by atoms with Crippen molar-refractivity contribution < 1.29 is 27.5 Å². The van der Waals surface area contributed by atoms with Crippen LogP contribution in [-0.2, 0) is 13.0 Å². The number of ether oxygens (including phenoxy) is 1. The van der Waals surface area contributed by atoms with Crippen LogP contribution in [0.3, 0.4) is 0 Å². The Kier molecular flexibility index (Phi) is 7.25. The van der Waals surface area contributed by atoms with E-state index in [0.29, 0.717) is 18.5 Å². The van der Waals surface area contributed by atoms with Crippen LogP contribution in [0.5, 0.6) is 5.75 Å². The van der Waals surface area contributed by atoms with Gasteiger partial charge in [0, 0.05) is 31.3 Å². The van der Waals surface area contributed by atoms with Crippen molar-refractivity contribution in [1.82, 2.24) is 16.0 Å². The molecule has 9 heteroatoms. The summed E-state index contributed by atoms with van der Waals surface area (Å²) in [6.07, 6.45) is -4.31. The molecule has 3 N–H and O–H groups in total. The lowest BCUT2D eigenvalue weighted by atomic mass is 10.1. The highest BCUT2D eigenvalue weighted by atomic mass is 19.4. The number of hydrogen-bond acceptors (Lipinski definition) is 3. The molecule has 0 saturated heterocycles. The van der Waals surface area contributed by atoms with E-state index in [1.807, 2.05) is 6.07 Å². The van der Waals surface area contributed by atoms with Crippen molar-refractivity contribution in [2.75, 3.05) is 13.6 Å². The van der Waals surface area contributed by atoms with E-state index >= 15 is 0 Å². The molecule has 0 radical (unpaired) electrons. The number of carbonyl (C=O) groups excluding carboxylic acids is 2. The van der Waals surface area contributed by atoms with E-state index in [2.05, 4.69) is 20.7 Å². The van der Waals surface area contributed by atoms with Crippen molar-refractivity contribution in [2.24, 2.45) is 0 Å². The summed E-state index contributed by atoms with van der Waals surface area (Å²) >= 11 is 0. The number of carbonyl (C=O) groups is 2. The molecule has 150 valence electrons. The third kappa shape index (κ3) is 6.82. The number of hydrogen-bond donors (Lipinski definition) is 3. The monoisotopic (exact) mass is 395 g/mol. The van der Waals surface area contributed by atoms with Gasteiger partial charge in [0.1, 0.15) is 5.75 Å². The average Bonchev–Trinajstić information content (AvgIpc) is 2.65. The fourth-order valence-electron chi connectivity index (χ4n) is 2.44. The molecule has 0 unspecified atom stereocenters. The maximum Gasteiger partial charge on any atom is 0.573 e. The number of para-hydroxylation sites is 1. The lowest BCUT2D eigenvalue weighted by Gasteiger charge is -2.14. The van der Waals surface area contributed by atoms with Crippen LogP contribution in [0.1, 0.15) is 21.5 Å². The summed E-state index contributed by atoms with van der Waals surface area (Å²) in [4.78, 5) is 23.5.